The molecule has 0 fully saturated rings. The quantitative estimate of drug-likeness (QED) is 0.775. The Hall–Kier alpha value is -2.86. The number of carbonyl (C=O) groups is 1. The van der Waals surface area contributed by atoms with Crippen molar-refractivity contribution in [1.29, 1.82) is 0 Å². The molecule has 0 spiro atoms. The van der Waals surface area contributed by atoms with Gasteiger partial charge in [-0.1, -0.05) is 54.5 Å². The van der Waals surface area contributed by atoms with Crippen LogP contribution in [0.4, 0.5) is 5.69 Å². The molecule has 0 bridgehead atoms. The third-order valence-corrected chi connectivity index (χ3v) is 3.45. The molecule has 1 unspecified atom stereocenters. The maximum absolute atomic E-state index is 12.8. The number of hydrogen-bond acceptors (Lipinski definition) is 2. The number of benzodiazepines with no additional fused rings is 1. The summed E-state index contributed by atoms with van der Waals surface area (Å²) >= 11 is 0. The van der Waals surface area contributed by atoms with Gasteiger partial charge >= 0.3 is 0 Å². The molecule has 1 amide bonds. The molecular weight excluding hydrogens is 260 g/mol. The van der Waals surface area contributed by atoms with Crippen molar-refractivity contribution >= 4 is 17.8 Å². The van der Waals surface area contributed by atoms with E-state index in [4.69, 9.17) is 6.42 Å². The van der Waals surface area contributed by atoms with Crippen LogP contribution in [0, 0.1) is 12.3 Å². The molecule has 1 atom stereocenters. The molecule has 2 aromatic carbocycles. The first-order valence-corrected chi connectivity index (χ1v) is 6.73. The highest BCUT2D eigenvalue weighted by Crippen LogP contribution is 2.29. The van der Waals surface area contributed by atoms with E-state index in [2.05, 4.69) is 10.9 Å². The minimum Gasteiger partial charge on any atom is -0.298 e. The lowest BCUT2D eigenvalue weighted by molar-refractivity contribution is -0.119. The fraction of sp³-hybridized carbons (Fsp3) is 0.111. The molecule has 0 saturated heterocycles. The average Bonchev–Trinajstić information content (AvgIpc) is 2.67. The Morgan fingerprint density at radius 2 is 1.81 bits per heavy atom. The van der Waals surface area contributed by atoms with E-state index in [-0.39, 0.29) is 12.5 Å². The molecule has 21 heavy (non-hydrogen) atoms. The summed E-state index contributed by atoms with van der Waals surface area (Å²) in [5.74, 6) is 2.46. The summed E-state index contributed by atoms with van der Waals surface area (Å²) in [6.45, 7) is 0.239. The molecule has 0 N–H and O–H groups in total. The topological polar surface area (TPSA) is 32.7 Å². The monoisotopic (exact) mass is 274 g/mol. The average molecular weight is 274 g/mol. The van der Waals surface area contributed by atoms with Crippen molar-refractivity contribution in [3.05, 3.63) is 65.7 Å². The summed E-state index contributed by atoms with van der Waals surface area (Å²) in [6, 6.07) is 16.6. The molecule has 3 rings (SSSR count). The van der Waals surface area contributed by atoms with Crippen LogP contribution in [0.3, 0.4) is 0 Å². The van der Waals surface area contributed by atoms with Crippen molar-refractivity contribution in [2.24, 2.45) is 4.99 Å². The minimum absolute atomic E-state index is 0.0969. The molecule has 0 saturated carbocycles. The SMILES string of the molecule is C#CCN1C(=O)C(c2ccccc2)N=Cc2ccccc21. The number of para-hydroxylation sites is 1. The number of terminal acetylenes is 1. The lowest BCUT2D eigenvalue weighted by atomic mass is 10.1. The van der Waals surface area contributed by atoms with Gasteiger partial charge in [0, 0.05) is 11.8 Å². The summed E-state index contributed by atoms with van der Waals surface area (Å²) in [5, 5.41) is 0. The van der Waals surface area contributed by atoms with Crippen molar-refractivity contribution in [3.8, 4) is 12.3 Å². The molecule has 1 heterocycles. The van der Waals surface area contributed by atoms with Crippen molar-refractivity contribution in [2.75, 3.05) is 11.4 Å². The Kier molecular flexibility index (Phi) is 3.53. The number of amides is 1. The maximum atomic E-state index is 12.8. The van der Waals surface area contributed by atoms with Gasteiger partial charge in [0.15, 0.2) is 6.04 Å². The predicted octanol–water partition coefficient (Wildman–Crippen LogP) is 2.83. The molecule has 102 valence electrons. The Bertz CT molecular complexity index is 728. The van der Waals surface area contributed by atoms with E-state index < -0.39 is 6.04 Å². The number of anilines is 1. The molecule has 3 nitrogen and oxygen atoms in total. The van der Waals surface area contributed by atoms with E-state index in [1.165, 1.54) is 0 Å². The van der Waals surface area contributed by atoms with Crippen LogP contribution in [0.1, 0.15) is 17.2 Å². The number of nitrogens with zero attached hydrogens (tertiary/aromatic N) is 2. The second-order valence-corrected chi connectivity index (χ2v) is 4.78. The first-order chi connectivity index (χ1) is 10.3. The second-order valence-electron chi connectivity index (χ2n) is 4.78. The van der Waals surface area contributed by atoms with Crippen molar-refractivity contribution < 1.29 is 4.79 Å². The van der Waals surface area contributed by atoms with Crippen molar-refractivity contribution in [2.45, 2.75) is 6.04 Å². The highest BCUT2D eigenvalue weighted by Gasteiger charge is 2.28. The molecular formula is C18H14N2O. The smallest absolute Gasteiger partial charge is 0.257 e. The van der Waals surface area contributed by atoms with E-state index in [0.29, 0.717) is 0 Å². The standard InChI is InChI=1S/C18H14N2O/c1-2-12-20-16-11-7-6-10-15(16)13-19-17(18(20)21)14-8-4-3-5-9-14/h1,3-11,13,17H,12H2. The van der Waals surface area contributed by atoms with Crippen molar-refractivity contribution in [3.63, 3.8) is 0 Å². The first kappa shape index (κ1) is 13.1. The molecule has 0 radical (unpaired) electrons. The van der Waals surface area contributed by atoms with Gasteiger partial charge in [-0.2, -0.15) is 0 Å². The molecule has 2 aromatic rings. The van der Waals surface area contributed by atoms with Crippen LogP contribution in [-0.4, -0.2) is 18.7 Å². The Balaban J connectivity index is 2.09. The van der Waals surface area contributed by atoms with E-state index >= 15 is 0 Å². The van der Waals surface area contributed by atoms with Gasteiger partial charge in [-0.25, -0.2) is 0 Å². The molecule has 1 aliphatic rings. The predicted molar refractivity (Wildman–Crippen MR) is 84.4 cm³/mol. The Labute approximate surface area is 123 Å². The zero-order valence-electron chi connectivity index (χ0n) is 11.4. The lowest BCUT2D eigenvalue weighted by Gasteiger charge is -2.23. The van der Waals surface area contributed by atoms with Crippen molar-refractivity contribution in [1.82, 2.24) is 0 Å². The van der Waals surface area contributed by atoms with Crippen LogP contribution in [-0.2, 0) is 4.79 Å². The van der Waals surface area contributed by atoms with E-state index in [0.717, 1.165) is 16.8 Å². The van der Waals surface area contributed by atoms with Crippen LogP contribution < -0.4 is 4.90 Å². The molecule has 0 aliphatic carbocycles. The number of aliphatic imine (C=N–C) groups is 1. The van der Waals surface area contributed by atoms with Crippen LogP contribution in [0.25, 0.3) is 0 Å². The van der Waals surface area contributed by atoms with Gasteiger partial charge in [0.05, 0.1) is 12.2 Å². The molecule has 1 aliphatic heterocycles. The van der Waals surface area contributed by atoms with E-state index in [1.807, 2.05) is 54.6 Å². The normalized spacial score (nSPS) is 17.0. The van der Waals surface area contributed by atoms with Crippen LogP contribution >= 0.6 is 0 Å². The zero-order chi connectivity index (χ0) is 14.7. The third kappa shape index (κ3) is 2.44. The number of hydrogen-bond donors (Lipinski definition) is 0. The summed E-state index contributed by atoms with van der Waals surface area (Å²) in [4.78, 5) is 18.9. The highest BCUT2D eigenvalue weighted by molar-refractivity contribution is 6.05. The zero-order valence-corrected chi connectivity index (χ0v) is 11.4. The number of carbonyl (C=O) groups excluding carboxylic acids is 1. The molecule has 0 aromatic heterocycles. The number of rotatable bonds is 2. The summed E-state index contributed by atoms with van der Waals surface area (Å²) in [6.07, 6.45) is 7.18. The lowest BCUT2D eigenvalue weighted by Crippen LogP contribution is -2.34. The van der Waals surface area contributed by atoms with Crippen LogP contribution in [0.2, 0.25) is 0 Å². The second kappa shape index (κ2) is 5.64. The van der Waals surface area contributed by atoms with E-state index in [9.17, 15) is 4.79 Å². The fourth-order valence-electron chi connectivity index (χ4n) is 2.45. The number of fused-ring (bicyclic) bond motifs is 1. The van der Waals surface area contributed by atoms with Gasteiger partial charge in [-0.05, 0) is 11.6 Å². The Morgan fingerprint density at radius 1 is 1.10 bits per heavy atom. The Morgan fingerprint density at radius 3 is 2.57 bits per heavy atom. The maximum Gasteiger partial charge on any atom is 0.257 e. The summed E-state index contributed by atoms with van der Waals surface area (Å²) < 4.78 is 0. The minimum atomic E-state index is -0.549. The van der Waals surface area contributed by atoms with Gasteiger partial charge in [-0.3, -0.25) is 14.7 Å². The fourth-order valence-corrected chi connectivity index (χ4v) is 2.45. The van der Waals surface area contributed by atoms with Gasteiger partial charge in [0.25, 0.3) is 5.91 Å². The van der Waals surface area contributed by atoms with E-state index in [1.54, 1.807) is 11.1 Å². The molecule has 3 heteroatoms. The first-order valence-electron chi connectivity index (χ1n) is 6.73. The van der Waals surface area contributed by atoms with Gasteiger partial charge < -0.3 is 0 Å². The van der Waals surface area contributed by atoms with Crippen LogP contribution in [0.15, 0.2) is 59.6 Å². The summed E-state index contributed by atoms with van der Waals surface area (Å²) in [7, 11) is 0. The van der Waals surface area contributed by atoms with Crippen LogP contribution in [0.5, 0.6) is 0 Å². The van der Waals surface area contributed by atoms with Gasteiger partial charge in [-0.15, -0.1) is 6.42 Å². The highest BCUT2D eigenvalue weighted by atomic mass is 16.2. The third-order valence-electron chi connectivity index (χ3n) is 3.45. The summed E-state index contributed by atoms with van der Waals surface area (Å²) in [5.41, 5.74) is 2.58. The largest absolute Gasteiger partial charge is 0.298 e. The van der Waals surface area contributed by atoms with Gasteiger partial charge in [0.2, 0.25) is 0 Å². The number of benzene rings is 2. The van der Waals surface area contributed by atoms with Gasteiger partial charge in [0.1, 0.15) is 0 Å².